The number of aryl methyl sites for hydroxylation is 1. The number of rotatable bonds is 3. The van der Waals surface area contributed by atoms with E-state index in [0.717, 1.165) is 24.3 Å². The maximum absolute atomic E-state index is 13.2. The number of carbonyl (C=O) groups is 1. The van der Waals surface area contributed by atoms with Gasteiger partial charge in [0.25, 0.3) is 5.91 Å². The molecule has 0 heterocycles. The summed E-state index contributed by atoms with van der Waals surface area (Å²) < 4.78 is 13.2. The number of hydrogen-bond donors (Lipinski definition) is 1. The number of amides is 1. The first-order valence-corrected chi connectivity index (χ1v) is 7.17. The van der Waals surface area contributed by atoms with Crippen molar-refractivity contribution in [1.82, 2.24) is 5.32 Å². The van der Waals surface area contributed by atoms with Crippen LogP contribution in [0, 0.1) is 18.7 Å². The highest BCUT2D eigenvalue weighted by molar-refractivity contribution is 5.95. The van der Waals surface area contributed by atoms with E-state index in [1.54, 1.807) is 6.07 Å². The quantitative estimate of drug-likeness (QED) is 0.882. The van der Waals surface area contributed by atoms with Gasteiger partial charge in [0, 0.05) is 11.6 Å². The van der Waals surface area contributed by atoms with Gasteiger partial charge in [-0.1, -0.05) is 19.4 Å². The smallest absolute Gasteiger partial charge is 0.251 e. The van der Waals surface area contributed by atoms with Crippen molar-refractivity contribution < 1.29 is 9.18 Å². The third-order valence-electron chi connectivity index (χ3n) is 4.20. The SMILES string of the molecule is CCC1CCC(NC(=O)c2cc(F)ccc2C)CC1. The number of halogens is 1. The molecule has 0 saturated heterocycles. The van der Waals surface area contributed by atoms with E-state index in [4.69, 9.17) is 0 Å². The molecule has 1 aliphatic rings. The van der Waals surface area contributed by atoms with Crippen LogP contribution in [0.25, 0.3) is 0 Å². The molecule has 2 nitrogen and oxygen atoms in total. The summed E-state index contributed by atoms with van der Waals surface area (Å²) in [5.41, 5.74) is 1.28. The van der Waals surface area contributed by atoms with Crippen molar-refractivity contribution in [2.75, 3.05) is 0 Å². The van der Waals surface area contributed by atoms with Gasteiger partial charge in [-0.2, -0.15) is 0 Å². The van der Waals surface area contributed by atoms with Crippen LogP contribution in [0.5, 0.6) is 0 Å². The van der Waals surface area contributed by atoms with Gasteiger partial charge >= 0.3 is 0 Å². The second-order valence-electron chi connectivity index (χ2n) is 5.56. The molecule has 0 aromatic heterocycles. The molecule has 1 N–H and O–H groups in total. The maximum atomic E-state index is 13.2. The van der Waals surface area contributed by atoms with Gasteiger partial charge in [-0.15, -0.1) is 0 Å². The van der Waals surface area contributed by atoms with Crippen LogP contribution < -0.4 is 5.32 Å². The van der Waals surface area contributed by atoms with Crippen LogP contribution in [0.3, 0.4) is 0 Å². The zero-order valence-electron chi connectivity index (χ0n) is 11.7. The Balaban J connectivity index is 1.96. The van der Waals surface area contributed by atoms with E-state index >= 15 is 0 Å². The third kappa shape index (κ3) is 3.55. The van der Waals surface area contributed by atoms with Gasteiger partial charge in [0.15, 0.2) is 0 Å². The Morgan fingerprint density at radius 3 is 2.63 bits per heavy atom. The molecular weight excluding hydrogens is 241 g/mol. The maximum Gasteiger partial charge on any atom is 0.251 e. The molecule has 1 aromatic carbocycles. The van der Waals surface area contributed by atoms with Crippen molar-refractivity contribution in [3.05, 3.63) is 35.1 Å². The summed E-state index contributed by atoms with van der Waals surface area (Å²) >= 11 is 0. The topological polar surface area (TPSA) is 29.1 Å². The highest BCUT2D eigenvalue weighted by atomic mass is 19.1. The van der Waals surface area contributed by atoms with Crippen molar-refractivity contribution in [3.63, 3.8) is 0 Å². The molecule has 0 spiro atoms. The van der Waals surface area contributed by atoms with E-state index in [0.29, 0.717) is 5.56 Å². The van der Waals surface area contributed by atoms with E-state index < -0.39 is 0 Å². The summed E-state index contributed by atoms with van der Waals surface area (Å²) in [4.78, 5) is 12.2. The Morgan fingerprint density at radius 2 is 2.00 bits per heavy atom. The molecule has 1 aliphatic carbocycles. The molecule has 3 heteroatoms. The van der Waals surface area contributed by atoms with Crippen molar-refractivity contribution in [3.8, 4) is 0 Å². The van der Waals surface area contributed by atoms with Gasteiger partial charge in [-0.3, -0.25) is 4.79 Å². The summed E-state index contributed by atoms with van der Waals surface area (Å²) in [6.45, 7) is 4.06. The zero-order valence-corrected chi connectivity index (χ0v) is 11.7. The van der Waals surface area contributed by atoms with Crippen LogP contribution in [0.15, 0.2) is 18.2 Å². The van der Waals surface area contributed by atoms with Crippen molar-refractivity contribution in [2.45, 2.75) is 52.0 Å². The van der Waals surface area contributed by atoms with E-state index in [-0.39, 0.29) is 17.8 Å². The molecule has 1 saturated carbocycles. The number of hydrogen-bond acceptors (Lipinski definition) is 1. The lowest BCUT2D eigenvalue weighted by atomic mass is 9.84. The lowest BCUT2D eigenvalue weighted by Crippen LogP contribution is -2.37. The summed E-state index contributed by atoms with van der Waals surface area (Å²) in [6, 6.07) is 4.61. The van der Waals surface area contributed by atoms with Crippen LogP contribution in [0.4, 0.5) is 4.39 Å². The van der Waals surface area contributed by atoms with Gasteiger partial charge in [-0.05, 0) is 56.2 Å². The lowest BCUT2D eigenvalue weighted by Gasteiger charge is -2.28. The highest BCUT2D eigenvalue weighted by Crippen LogP contribution is 2.26. The fourth-order valence-corrected chi connectivity index (χ4v) is 2.82. The van der Waals surface area contributed by atoms with E-state index in [2.05, 4.69) is 12.2 Å². The van der Waals surface area contributed by atoms with Gasteiger partial charge in [0.05, 0.1) is 0 Å². The largest absolute Gasteiger partial charge is 0.349 e. The number of nitrogens with one attached hydrogen (secondary N) is 1. The summed E-state index contributed by atoms with van der Waals surface area (Å²) in [6.07, 6.45) is 5.67. The fraction of sp³-hybridized carbons (Fsp3) is 0.562. The predicted molar refractivity (Wildman–Crippen MR) is 74.6 cm³/mol. The average Bonchev–Trinajstić information content (AvgIpc) is 2.42. The highest BCUT2D eigenvalue weighted by Gasteiger charge is 2.22. The molecule has 104 valence electrons. The standard InChI is InChI=1S/C16H22FNO/c1-3-12-5-8-14(9-6-12)18-16(19)15-10-13(17)7-4-11(15)2/h4,7,10,12,14H,3,5-6,8-9H2,1-2H3,(H,18,19). The Bertz CT molecular complexity index is 450. The molecule has 2 rings (SSSR count). The van der Waals surface area contributed by atoms with Crippen LogP contribution in [-0.2, 0) is 0 Å². The predicted octanol–water partition coefficient (Wildman–Crippen LogP) is 3.83. The second-order valence-corrected chi connectivity index (χ2v) is 5.56. The third-order valence-corrected chi connectivity index (χ3v) is 4.20. The van der Waals surface area contributed by atoms with E-state index in [1.807, 2.05) is 6.92 Å². The zero-order chi connectivity index (χ0) is 13.8. The van der Waals surface area contributed by atoms with E-state index in [1.165, 1.54) is 31.4 Å². The van der Waals surface area contributed by atoms with Gasteiger partial charge in [-0.25, -0.2) is 4.39 Å². The minimum atomic E-state index is -0.356. The van der Waals surface area contributed by atoms with Crippen molar-refractivity contribution in [1.29, 1.82) is 0 Å². The van der Waals surface area contributed by atoms with Crippen LogP contribution in [0.1, 0.15) is 54.9 Å². The minimum Gasteiger partial charge on any atom is -0.349 e. The summed E-state index contributed by atoms with van der Waals surface area (Å²) in [5, 5.41) is 3.04. The molecule has 0 radical (unpaired) electrons. The normalized spacial score (nSPS) is 23.1. The van der Waals surface area contributed by atoms with Crippen molar-refractivity contribution >= 4 is 5.91 Å². The monoisotopic (exact) mass is 263 g/mol. The molecular formula is C16H22FNO. The number of benzene rings is 1. The molecule has 0 atom stereocenters. The molecule has 19 heavy (non-hydrogen) atoms. The van der Waals surface area contributed by atoms with Crippen molar-refractivity contribution in [2.24, 2.45) is 5.92 Å². The summed E-state index contributed by atoms with van der Waals surface area (Å²) in [7, 11) is 0. The van der Waals surface area contributed by atoms with Gasteiger partial charge in [0.2, 0.25) is 0 Å². The minimum absolute atomic E-state index is 0.142. The first kappa shape index (κ1) is 14.0. The Hall–Kier alpha value is -1.38. The molecule has 1 amide bonds. The van der Waals surface area contributed by atoms with Crippen LogP contribution in [-0.4, -0.2) is 11.9 Å². The van der Waals surface area contributed by atoms with Gasteiger partial charge in [0.1, 0.15) is 5.82 Å². The molecule has 1 fully saturated rings. The van der Waals surface area contributed by atoms with Crippen LogP contribution >= 0.6 is 0 Å². The summed E-state index contributed by atoms with van der Waals surface area (Å²) in [5.74, 6) is 0.312. The second kappa shape index (κ2) is 6.18. The van der Waals surface area contributed by atoms with Gasteiger partial charge < -0.3 is 5.32 Å². The first-order valence-electron chi connectivity index (χ1n) is 7.17. The lowest BCUT2D eigenvalue weighted by molar-refractivity contribution is 0.0920. The molecule has 0 bridgehead atoms. The van der Waals surface area contributed by atoms with E-state index in [9.17, 15) is 9.18 Å². The fourth-order valence-electron chi connectivity index (χ4n) is 2.82. The van der Waals surface area contributed by atoms with Crippen LogP contribution in [0.2, 0.25) is 0 Å². The average molecular weight is 263 g/mol. The Morgan fingerprint density at radius 1 is 1.32 bits per heavy atom. The molecule has 0 unspecified atom stereocenters. The Labute approximate surface area is 114 Å². The molecule has 0 aliphatic heterocycles. The molecule has 1 aromatic rings. The number of carbonyl (C=O) groups excluding carboxylic acids is 1. The Kier molecular flexibility index (Phi) is 4.56. The first-order chi connectivity index (χ1) is 9.10.